The molecule has 5 nitrogen and oxygen atoms in total. The number of nitrogens with two attached hydrogens (primary N) is 1. The molecule has 0 atom stereocenters. The van der Waals surface area contributed by atoms with Gasteiger partial charge < -0.3 is 5.73 Å². The summed E-state index contributed by atoms with van der Waals surface area (Å²) in [6, 6.07) is 5.88. The SMILES string of the molecule is C/C(=C(/Br)C(N)=O)c1ccc([N+](=O)[O-])cc1. The van der Waals surface area contributed by atoms with Crippen LogP contribution in [0.1, 0.15) is 12.5 Å². The van der Waals surface area contributed by atoms with E-state index in [1.165, 1.54) is 12.1 Å². The predicted molar refractivity (Wildman–Crippen MR) is 63.8 cm³/mol. The molecule has 1 aromatic rings. The first kappa shape index (κ1) is 12.4. The van der Waals surface area contributed by atoms with Gasteiger partial charge in [-0.1, -0.05) is 0 Å². The number of non-ortho nitro benzene ring substituents is 1. The minimum Gasteiger partial charge on any atom is -0.365 e. The maximum atomic E-state index is 10.9. The summed E-state index contributed by atoms with van der Waals surface area (Å²) in [5.41, 5.74) is 6.45. The molecule has 0 unspecified atom stereocenters. The van der Waals surface area contributed by atoms with Gasteiger partial charge >= 0.3 is 0 Å². The number of allylic oxidation sites excluding steroid dienone is 1. The number of nitrogens with zero attached hydrogens (tertiary/aromatic N) is 1. The van der Waals surface area contributed by atoms with E-state index in [0.29, 0.717) is 11.1 Å². The van der Waals surface area contributed by atoms with E-state index in [0.717, 1.165) is 0 Å². The lowest BCUT2D eigenvalue weighted by Crippen LogP contribution is -2.11. The van der Waals surface area contributed by atoms with E-state index >= 15 is 0 Å². The number of primary amides is 1. The van der Waals surface area contributed by atoms with Crippen LogP contribution in [0.4, 0.5) is 5.69 Å². The molecule has 0 fully saturated rings. The Kier molecular flexibility index (Phi) is 3.78. The number of amides is 1. The first-order chi connectivity index (χ1) is 7.43. The first-order valence-electron chi connectivity index (χ1n) is 4.34. The number of halogens is 1. The number of nitro groups is 1. The topological polar surface area (TPSA) is 86.2 Å². The zero-order valence-corrected chi connectivity index (χ0v) is 10.0. The van der Waals surface area contributed by atoms with E-state index in [1.54, 1.807) is 19.1 Å². The van der Waals surface area contributed by atoms with Crippen molar-refractivity contribution in [2.75, 3.05) is 0 Å². The van der Waals surface area contributed by atoms with Gasteiger partial charge in [0.05, 0.1) is 9.41 Å². The molecule has 1 amide bonds. The van der Waals surface area contributed by atoms with E-state index in [9.17, 15) is 14.9 Å². The highest BCUT2D eigenvalue weighted by Crippen LogP contribution is 2.23. The summed E-state index contributed by atoms with van der Waals surface area (Å²) in [7, 11) is 0. The van der Waals surface area contributed by atoms with Gasteiger partial charge in [0.2, 0.25) is 0 Å². The lowest BCUT2D eigenvalue weighted by Gasteiger charge is -2.03. The van der Waals surface area contributed by atoms with E-state index in [-0.39, 0.29) is 10.2 Å². The van der Waals surface area contributed by atoms with Crippen molar-refractivity contribution in [2.45, 2.75) is 6.92 Å². The summed E-state index contributed by atoms with van der Waals surface area (Å²) in [4.78, 5) is 20.9. The smallest absolute Gasteiger partial charge is 0.269 e. The minimum atomic E-state index is -0.573. The zero-order chi connectivity index (χ0) is 12.3. The molecule has 0 aliphatic carbocycles. The van der Waals surface area contributed by atoms with Gasteiger partial charge in [-0.25, -0.2) is 0 Å². The largest absolute Gasteiger partial charge is 0.365 e. The van der Waals surface area contributed by atoms with Crippen molar-refractivity contribution >= 4 is 33.1 Å². The monoisotopic (exact) mass is 284 g/mol. The normalized spacial score (nSPS) is 11.9. The highest BCUT2D eigenvalue weighted by atomic mass is 79.9. The quantitative estimate of drug-likeness (QED) is 0.524. The van der Waals surface area contributed by atoms with Crippen molar-refractivity contribution in [3.63, 3.8) is 0 Å². The molecular formula is C10H9BrN2O3. The summed E-state index contributed by atoms with van der Waals surface area (Å²) < 4.78 is 0.265. The lowest BCUT2D eigenvalue weighted by molar-refractivity contribution is -0.384. The molecule has 0 heterocycles. The number of nitro benzene ring substituents is 1. The lowest BCUT2D eigenvalue weighted by atomic mass is 10.1. The van der Waals surface area contributed by atoms with Crippen molar-refractivity contribution in [3.05, 3.63) is 44.4 Å². The van der Waals surface area contributed by atoms with E-state index in [4.69, 9.17) is 5.73 Å². The van der Waals surface area contributed by atoms with Gasteiger partial charge in [0.1, 0.15) is 0 Å². The summed E-state index contributed by atoms with van der Waals surface area (Å²) in [5.74, 6) is -0.573. The Balaban J connectivity index is 3.12. The fraction of sp³-hybridized carbons (Fsp3) is 0.100. The van der Waals surface area contributed by atoms with Crippen LogP contribution in [0.5, 0.6) is 0 Å². The van der Waals surface area contributed by atoms with Crippen LogP contribution in [0, 0.1) is 10.1 Å². The van der Waals surface area contributed by atoms with Crippen LogP contribution >= 0.6 is 15.9 Å². The van der Waals surface area contributed by atoms with Gasteiger partial charge in [0, 0.05) is 12.1 Å². The second-order valence-corrected chi connectivity index (χ2v) is 3.90. The van der Waals surface area contributed by atoms with E-state index in [1.807, 2.05) is 0 Å². The fourth-order valence-electron chi connectivity index (χ4n) is 1.14. The van der Waals surface area contributed by atoms with E-state index in [2.05, 4.69) is 15.9 Å². The van der Waals surface area contributed by atoms with Crippen LogP contribution in [-0.4, -0.2) is 10.8 Å². The molecule has 1 rings (SSSR count). The van der Waals surface area contributed by atoms with Crippen molar-refractivity contribution in [1.82, 2.24) is 0 Å². The molecule has 6 heteroatoms. The molecule has 0 aromatic heterocycles. The number of hydrogen-bond acceptors (Lipinski definition) is 3. The number of rotatable bonds is 3. The highest BCUT2D eigenvalue weighted by Gasteiger charge is 2.09. The van der Waals surface area contributed by atoms with Crippen LogP contribution in [0.25, 0.3) is 5.57 Å². The standard InChI is InChI=1S/C10H9BrN2O3/c1-6(9(11)10(12)14)7-2-4-8(5-3-7)13(15)16/h2-5H,1H3,(H2,12,14)/b9-6-. The third kappa shape index (κ3) is 2.66. The number of benzene rings is 1. The summed E-state index contributed by atoms with van der Waals surface area (Å²) >= 11 is 3.06. The third-order valence-corrected chi connectivity index (χ3v) is 3.04. The number of carbonyl (C=O) groups excluding carboxylic acids is 1. The maximum absolute atomic E-state index is 10.9. The Hall–Kier alpha value is -1.69. The van der Waals surface area contributed by atoms with Gasteiger partial charge in [-0.3, -0.25) is 14.9 Å². The predicted octanol–water partition coefficient (Wildman–Crippen LogP) is 2.21. The Morgan fingerprint density at radius 2 is 1.88 bits per heavy atom. The number of hydrogen-bond donors (Lipinski definition) is 1. The molecule has 0 spiro atoms. The highest BCUT2D eigenvalue weighted by molar-refractivity contribution is 9.12. The van der Waals surface area contributed by atoms with Crippen LogP contribution in [0.2, 0.25) is 0 Å². The number of carbonyl (C=O) groups is 1. The van der Waals surface area contributed by atoms with Gasteiger partial charge in [-0.2, -0.15) is 0 Å². The molecule has 1 aromatic carbocycles. The third-order valence-electron chi connectivity index (χ3n) is 2.06. The van der Waals surface area contributed by atoms with Crippen molar-refractivity contribution in [2.24, 2.45) is 5.73 Å². The molecule has 0 bridgehead atoms. The summed E-state index contributed by atoms with van der Waals surface area (Å²) in [5, 5.41) is 10.4. The Morgan fingerprint density at radius 3 is 2.25 bits per heavy atom. The van der Waals surface area contributed by atoms with E-state index < -0.39 is 10.8 Å². The molecule has 84 valence electrons. The summed E-state index contributed by atoms with van der Waals surface area (Å²) in [6.07, 6.45) is 0. The average molecular weight is 285 g/mol. The Labute approximate surface area is 100 Å². The Morgan fingerprint density at radius 1 is 1.38 bits per heavy atom. The molecule has 2 N–H and O–H groups in total. The van der Waals surface area contributed by atoms with Crippen LogP contribution < -0.4 is 5.73 Å². The molecule has 0 radical (unpaired) electrons. The average Bonchev–Trinajstić information content (AvgIpc) is 2.27. The fourth-order valence-corrected chi connectivity index (χ4v) is 1.37. The van der Waals surface area contributed by atoms with Crippen molar-refractivity contribution in [1.29, 1.82) is 0 Å². The van der Waals surface area contributed by atoms with Crippen molar-refractivity contribution in [3.8, 4) is 0 Å². The van der Waals surface area contributed by atoms with Gasteiger partial charge in [0.25, 0.3) is 11.6 Å². The molecule has 0 aliphatic rings. The van der Waals surface area contributed by atoms with Gasteiger partial charge in [-0.15, -0.1) is 0 Å². The molecule has 16 heavy (non-hydrogen) atoms. The van der Waals surface area contributed by atoms with Crippen molar-refractivity contribution < 1.29 is 9.72 Å². The summed E-state index contributed by atoms with van der Waals surface area (Å²) in [6.45, 7) is 1.70. The first-order valence-corrected chi connectivity index (χ1v) is 5.13. The van der Waals surface area contributed by atoms with Crippen LogP contribution in [-0.2, 0) is 4.79 Å². The Bertz CT molecular complexity index is 465. The van der Waals surface area contributed by atoms with Crippen LogP contribution in [0.15, 0.2) is 28.7 Å². The molecule has 0 saturated heterocycles. The zero-order valence-electron chi connectivity index (χ0n) is 8.44. The second-order valence-electron chi connectivity index (χ2n) is 3.11. The van der Waals surface area contributed by atoms with Gasteiger partial charge in [0.15, 0.2) is 0 Å². The van der Waals surface area contributed by atoms with Gasteiger partial charge in [-0.05, 0) is 46.1 Å². The van der Waals surface area contributed by atoms with Crippen LogP contribution in [0.3, 0.4) is 0 Å². The molecule has 0 saturated carbocycles. The molecule has 0 aliphatic heterocycles. The molecular weight excluding hydrogens is 276 g/mol. The minimum absolute atomic E-state index is 0.00625. The maximum Gasteiger partial charge on any atom is 0.269 e. The second kappa shape index (κ2) is 4.89.